The number of amides is 2. The molecule has 1 saturated heterocycles. The molecule has 1 fully saturated rings. The third kappa shape index (κ3) is 4.21. The van der Waals surface area contributed by atoms with Crippen molar-refractivity contribution in [2.75, 3.05) is 31.5 Å². The van der Waals surface area contributed by atoms with Crippen LogP contribution in [0.5, 0.6) is 0 Å². The molecule has 0 aliphatic carbocycles. The van der Waals surface area contributed by atoms with Crippen LogP contribution in [-0.4, -0.2) is 53.3 Å². The molecule has 0 saturated carbocycles. The van der Waals surface area contributed by atoms with Crippen molar-refractivity contribution in [3.8, 4) is 0 Å². The van der Waals surface area contributed by atoms with Crippen LogP contribution in [0.15, 0.2) is 36.5 Å². The maximum Gasteiger partial charge on any atom is 0.272 e. The Bertz CT molecular complexity index is 775. The van der Waals surface area contributed by atoms with E-state index < -0.39 is 0 Å². The number of hydrogen-bond acceptors (Lipinski definition) is 4. The molecule has 2 aromatic rings. The summed E-state index contributed by atoms with van der Waals surface area (Å²) >= 11 is 12.0. The van der Waals surface area contributed by atoms with E-state index in [2.05, 4.69) is 10.3 Å². The van der Waals surface area contributed by atoms with Crippen LogP contribution in [0, 0.1) is 0 Å². The van der Waals surface area contributed by atoms with Crippen molar-refractivity contribution in [2.45, 2.75) is 0 Å². The number of hydrogen-bond donors (Lipinski definition) is 1. The van der Waals surface area contributed by atoms with Gasteiger partial charge in [-0.2, -0.15) is 0 Å². The van der Waals surface area contributed by atoms with Gasteiger partial charge in [0.05, 0.1) is 22.6 Å². The monoisotopic (exact) mass is 378 g/mol. The van der Waals surface area contributed by atoms with Crippen LogP contribution in [0.25, 0.3) is 0 Å². The summed E-state index contributed by atoms with van der Waals surface area (Å²) < 4.78 is 0. The van der Waals surface area contributed by atoms with Crippen molar-refractivity contribution in [1.29, 1.82) is 0 Å². The number of pyridine rings is 1. The Kier molecular flexibility index (Phi) is 5.40. The summed E-state index contributed by atoms with van der Waals surface area (Å²) in [6.07, 6.45) is 2.39. The van der Waals surface area contributed by atoms with Gasteiger partial charge in [0, 0.05) is 31.2 Å². The van der Waals surface area contributed by atoms with Crippen LogP contribution in [0.4, 0.5) is 11.4 Å². The van der Waals surface area contributed by atoms with Gasteiger partial charge in [0.1, 0.15) is 5.69 Å². The highest BCUT2D eigenvalue weighted by molar-refractivity contribution is 6.36. The second-order valence-corrected chi connectivity index (χ2v) is 6.46. The van der Waals surface area contributed by atoms with Crippen molar-refractivity contribution in [1.82, 2.24) is 14.8 Å². The second-order valence-electron chi connectivity index (χ2n) is 5.61. The van der Waals surface area contributed by atoms with Gasteiger partial charge < -0.3 is 15.1 Å². The molecule has 130 valence electrons. The van der Waals surface area contributed by atoms with Crippen LogP contribution < -0.4 is 5.32 Å². The van der Waals surface area contributed by atoms with E-state index in [1.165, 1.54) is 0 Å². The fraction of sp³-hybridized carbons (Fsp3) is 0.235. The average molecular weight is 379 g/mol. The summed E-state index contributed by atoms with van der Waals surface area (Å²) in [4.78, 5) is 30.8. The first-order valence-electron chi connectivity index (χ1n) is 7.73. The molecule has 1 aliphatic rings. The van der Waals surface area contributed by atoms with Crippen molar-refractivity contribution < 1.29 is 9.59 Å². The lowest BCUT2D eigenvalue weighted by Crippen LogP contribution is -2.48. The zero-order valence-corrected chi connectivity index (χ0v) is 14.8. The minimum absolute atomic E-state index is 0.137. The van der Waals surface area contributed by atoms with E-state index in [0.29, 0.717) is 53.3 Å². The van der Waals surface area contributed by atoms with Gasteiger partial charge in [-0.1, -0.05) is 23.2 Å². The highest BCUT2D eigenvalue weighted by atomic mass is 35.5. The molecular weight excluding hydrogens is 363 g/mol. The predicted octanol–water partition coefficient (Wildman–Crippen LogP) is 3.05. The Balaban J connectivity index is 1.65. The SMILES string of the molecule is O=CN1CCN(C(=O)c2ccc(Nc3ccc(Cl)cc3Cl)cn2)CC1. The Morgan fingerprint density at radius 1 is 1.12 bits per heavy atom. The Hall–Kier alpha value is -2.31. The summed E-state index contributed by atoms with van der Waals surface area (Å²) in [6.45, 7) is 2.12. The number of anilines is 2. The Morgan fingerprint density at radius 2 is 1.88 bits per heavy atom. The number of nitrogens with one attached hydrogen (secondary N) is 1. The molecule has 25 heavy (non-hydrogen) atoms. The minimum atomic E-state index is -0.137. The van der Waals surface area contributed by atoms with Gasteiger partial charge in [-0.3, -0.25) is 9.59 Å². The van der Waals surface area contributed by atoms with Gasteiger partial charge >= 0.3 is 0 Å². The van der Waals surface area contributed by atoms with E-state index in [1.807, 2.05) is 0 Å². The van der Waals surface area contributed by atoms with Crippen LogP contribution in [0.3, 0.4) is 0 Å². The summed E-state index contributed by atoms with van der Waals surface area (Å²) in [7, 11) is 0. The fourth-order valence-corrected chi connectivity index (χ4v) is 2.99. The lowest BCUT2D eigenvalue weighted by Gasteiger charge is -2.32. The summed E-state index contributed by atoms with van der Waals surface area (Å²) in [5.74, 6) is -0.137. The second kappa shape index (κ2) is 7.72. The molecule has 2 heterocycles. The van der Waals surface area contributed by atoms with E-state index in [1.54, 1.807) is 46.3 Å². The topological polar surface area (TPSA) is 65.5 Å². The van der Waals surface area contributed by atoms with Crippen LogP contribution in [0.2, 0.25) is 10.0 Å². The zero-order valence-electron chi connectivity index (χ0n) is 13.3. The van der Waals surface area contributed by atoms with Crippen molar-refractivity contribution in [3.63, 3.8) is 0 Å². The van der Waals surface area contributed by atoms with Gasteiger partial charge in [-0.25, -0.2) is 4.98 Å². The fourth-order valence-electron chi connectivity index (χ4n) is 2.53. The third-order valence-electron chi connectivity index (χ3n) is 3.94. The molecular formula is C17H16Cl2N4O2. The summed E-state index contributed by atoms with van der Waals surface area (Å²) in [6, 6.07) is 8.60. The maximum atomic E-state index is 12.5. The van der Waals surface area contributed by atoms with Crippen molar-refractivity contribution in [3.05, 3.63) is 52.3 Å². The van der Waals surface area contributed by atoms with E-state index >= 15 is 0 Å². The van der Waals surface area contributed by atoms with Crippen LogP contribution >= 0.6 is 23.2 Å². The molecule has 0 spiro atoms. The predicted molar refractivity (Wildman–Crippen MR) is 97.5 cm³/mol. The molecule has 2 amide bonds. The number of nitrogens with zero attached hydrogens (tertiary/aromatic N) is 3. The van der Waals surface area contributed by atoms with Crippen molar-refractivity contribution >= 4 is 46.9 Å². The minimum Gasteiger partial charge on any atom is -0.353 e. The van der Waals surface area contributed by atoms with Gasteiger partial charge in [-0.15, -0.1) is 0 Å². The molecule has 3 rings (SSSR count). The lowest BCUT2D eigenvalue weighted by atomic mass is 10.2. The highest BCUT2D eigenvalue weighted by Gasteiger charge is 2.22. The number of aromatic nitrogens is 1. The molecule has 1 aromatic heterocycles. The molecule has 0 radical (unpaired) electrons. The number of piperazine rings is 1. The van der Waals surface area contributed by atoms with Gasteiger partial charge in [0.25, 0.3) is 5.91 Å². The Labute approximate surface area is 155 Å². The van der Waals surface area contributed by atoms with E-state index in [4.69, 9.17) is 23.2 Å². The average Bonchev–Trinajstić information content (AvgIpc) is 2.64. The number of carbonyl (C=O) groups excluding carboxylic acids is 2. The largest absolute Gasteiger partial charge is 0.353 e. The molecule has 0 unspecified atom stereocenters. The Morgan fingerprint density at radius 3 is 2.48 bits per heavy atom. The first kappa shape index (κ1) is 17.5. The number of rotatable bonds is 4. The summed E-state index contributed by atoms with van der Waals surface area (Å²) in [5.41, 5.74) is 1.79. The first-order chi connectivity index (χ1) is 12.1. The van der Waals surface area contributed by atoms with Gasteiger partial charge in [0.15, 0.2) is 0 Å². The molecule has 8 heteroatoms. The summed E-state index contributed by atoms with van der Waals surface area (Å²) in [5, 5.41) is 4.20. The molecule has 1 N–H and O–H groups in total. The maximum absolute atomic E-state index is 12.5. The molecule has 1 aliphatic heterocycles. The molecule has 6 nitrogen and oxygen atoms in total. The smallest absolute Gasteiger partial charge is 0.272 e. The number of carbonyl (C=O) groups is 2. The third-order valence-corrected chi connectivity index (χ3v) is 4.49. The molecule has 0 bridgehead atoms. The zero-order chi connectivity index (χ0) is 17.8. The standard InChI is InChI=1S/C17H16Cl2N4O2/c18-12-1-3-15(14(19)9-12)21-13-2-4-16(20-10-13)17(25)23-7-5-22(11-24)6-8-23/h1-4,9-11,21H,5-8H2. The quantitative estimate of drug-likeness (QED) is 0.830. The molecule has 1 aromatic carbocycles. The van der Waals surface area contributed by atoms with E-state index in [-0.39, 0.29) is 5.91 Å². The van der Waals surface area contributed by atoms with Crippen LogP contribution in [-0.2, 0) is 4.79 Å². The van der Waals surface area contributed by atoms with E-state index in [9.17, 15) is 9.59 Å². The number of halogens is 2. The van der Waals surface area contributed by atoms with Gasteiger partial charge in [-0.05, 0) is 30.3 Å². The van der Waals surface area contributed by atoms with Crippen LogP contribution in [0.1, 0.15) is 10.5 Å². The van der Waals surface area contributed by atoms with Crippen molar-refractivity contribution in [2.24, 2.45) is 0 Å². The first-order valence-corrected chi connectivity index (χ1v) is 8.49. The lowest BCUT2D eigenvalue weighted by molar-refractivity contribution is -0.119. The van der Waals surface area contributed by atoms with Gasteiger partial charge in [0.2, 0.25) is 6.41 Å². The molecule has 0 atom stereocenters. The van der Waals surface area contributed by atoms with E-state index in [0.717, 1.165) is 6.41 Å². The highest BCUT2D eigenvalue weighted by Crippen LogP contribution is 2.28. The normalized spacial score (nSPS) is 14.3. The number of benzene rings is 1.